The molecule has 0 atom stereocenters. The monoisotopic (exact) mass is 339 g/mol. The number of carboxylic acid groups (broad SMARTS) is 1. The van der Waals surface area contributed by atoms with Crippen LogP contribution in [-0.2, 0) is 0 Å². The van der Waals surface area contributed by atoms with Crippen LogP contribution in [0, 0.1) is 0 Å². The van der Waals surface area contributed by atoms with Gasteiger partial charge in [-0.2, -0.15) is 0 Å². The predicted molar refractivity (Wildman–Crippen MR) is 95.5 cm³/mol. The highest BCUT2D eigenvalue weighted by molar-refractivity contribution is 5.88. The van der Waals surface area contributed by atoms with Crippen molar-refractivity contribution in [1.82, 2.24) is 19.9 Å². The maximum Gasteiger partial charge on any atom is 0.339 e. The fourth-order valence-corrected chi connectivity index (χ4v) is 2.76. The second-order valence-electron chi connectivity index (χ2n) is 6.33. The first-order chi connectivity index (χ1) is 12.0. The van der Waals surface area contributed by atoms with Crippen LogP contribution in [0.2, 0.25) is 0 Å². The summed E-state index contributed by atoms with van der Waals surface area (Å²) < 4.78 is 0. The molecule has 0 aliphatic carbocycles. The minimum atomic E-state index is -1.01. The van der Waals surface area contributed by atoms with Crippen molar-refractivity contribution in [2.24, 2.45) is 0 Å². The van der Waals surface area contributed by atoms with Gasteiger partial charge in [-0.05, 0) is 30.9 Å². The Kier molecular flexibility index (Phi) is 5.02. The molecule has 7 heteroatoms. The first-order valence-corrected chi connectivity index (χ1v) is 8.40. The average molecular weight is 339 g/mol. The Morgan fingerprint density at radius 3 is 2.40 bits per heavy atom. The van der Waals surface area contributed by atoms with Gasteiger partial charge in [-0.15, -0.1) is 0 Å². The van der Waals surface area contributed by atoms with E-state index < -0.39 is 5.97 Å². The highest BCUT2D eigenvalue weighted by Gasteiger charge is 2.16. The van der Waals surface area contributed by atoms with Crippen molar-refractivity contribution in [2.75, 3.05) is 18.0 Å². The average Bonchev–Trinajstić information content (AvgIpc) is 3.14. The van der Waals surface area contributed by atoms with E-state index >= 15 is 0 Å². The van der Waals surface area contributed by atoms with Crippen LogP contribution in [0.4, 0.5) is 5.95 Å². The third-order valence-electron chi connectivity index (χ3n) is 4.09. The molecular formula is C18H21N5O2. The van der Waals surface area contributed by atoms with Gasteiger partial charge in [-0.1, -0.05) is 13.8 Å². The Morgan fingerprint density at radius 1 is 1.12 bits per heavy atom. The Bertz CT molecular complexity index is 781. The van der Waals surface area contributed by atoms with Gasteiger partial charge in [0.1, 0.15) is 0 Å². The molecule has 0 radical (unpaired) electrons. The van der Waals surface area contributed by atoms with E-state index in [0.717, 1.165) is 24.6 Å². The van der Waals surface area contributed by atoms with Crippen LogP contribution in [0.3, 0.4) is 0 Å². The molecule has 0 unspecified atom stereocenters. The predicted octanol–water partition coefficient (Wildman–Crippen LogP) is 2.86. The van der Waals surface area contributed by atoms with E-state index in [2.05, 4.69) is 24.8 Å². The van der Waals surface area contributed by atoms with E-state index in [4.69, 9.17) is 0 Å². The number of aromatic carboxylic acids is 1. The molecule has 0 aromatic carbocycles. The molecule has 7 nitrogen and oxygen atoms in total. The molecule has 1 saturated heterocycles. The van der Waals surface area contributed by atoms with Crippen molar-refractivity contribution in [3.05, 3.63) is 41.2 Å². The largest absolute Gasteiger partial charge is 0.478 e. The van der Waals surface area contributed by atoms with Gasteiger partial charge in [0.05, 0.1) is 11.3 Å². The summed E-state index contributed by atoms with van der Waals surface area (Å²) in [5.74, 6) is 0.227. The number of nitrogens with zero attached hydrogens (tertiary/aromatic N) is 5. The molecular weight excluding hydrogens is 318 g/mol. The minimum absolute atomic E-state index is 0.00401. The lowest BCUT2D eigenvalue weighted by atomic mass is 10.1. The number of rotatable bonds is 5. The minimum Gasteiger partial charge on any atom is -0.478 e. The number of hydrogen-bond acceptors (Lipinski definition) is 6. The fourth-order valence-electron chi connectivity index (χ4n) is 2.76. The standard InChI is InChI=1S/C18H21N5O2/c1-12(2)16-14(17(24)25)11-19-15(22-16)6-5-13-9-20-18(21-10-13)23-7-3-4-8-23/h5-6,9-12H,3-4,7-8H2,1-2H3,(H,24,25)/b6-5+. The molecule has 3 heterocycles. The summed E-state index contributed by atoms with van der Waals surface area (Å²) in [7, 11) is 0. The first kappa shape index (κ1) is 17.0. The molecule has 25 heavy (non-hydrogen) atoms. The summed E-state index contributed by atoms with van der Waals surface area (Å²) in [6, 6.07) is 0. The number of aromatic nitrogens is 4. The lowest BCUT2D eigenvalue weighted by Gasteiger charge is -2.14. The third-order valence-corrected chi connectivity index (χ3v) is 4.09. The Morgan fingerprint density at radius 2 is 1.80 bits per heavy atom. The Balaban J connectivity index is 1.77. The fraction of sp³-hybridized carbons (Fsp3) is 0.389. The summed E-state index contributed by atoms with van der Waals surface area (Å²) >= 11 is 0. The van der Waals surface area contributed by atoms with Gasteiger partial charge in [0.15, 0.2) is 5.82 Å². The van der Waals surface area contributed by atoms with Crippen molar-refractivity contribution in [2.45, 2.75) is 32.6 Å². The molecule has 1 aliphatic rings. The smallest absolute Gasteiger partial charge is 0.339 e. The molecule has 1 N–H and O–H groups in total. The van der Waals surface area contributed by atoms with Crippen LogP contribution in [-0.4, -0.2) is 44.1 Å². The van der Waals surface area contributed by atoms with E-state index in [-0.39, 0.29) is 11.5 Å². The maximum absolute atomic E-state index is 11.2. The molecule has 130 valence electrons. The van der Waals surface area contributed by atoms with Crippen LogP contribution >= 0.6 is 0 Å². The van der Waals surface area contributed by atoms with Crippen molar-refractivity contribution in [1.29, 1.82) is 0 Å². The summed E-state index contributed by atoms with van der Waals surface area (Å²) in [6.45, 7) is 5.84. The Hall–Kier alpha value is -2.83. The normalized spacial score (nSPS) is 14.6. The van der Waals surface area contributed by atoms with Gasteiger partial charge in [-0.3, -0.25) is 0 Å². The third kappa shape index (κ3) is 3.99. The molecule has 1 fully saturated rings. The van der Waals surface area contributed by atoms with Gasteiger partial charge < -0.3 is 10.0 Å². The topological polar surface area (TPSA) is 92.1 Å². The molecule has 0 saturated carbocycles. The Labute approximate surface area is 146 Å². The number of carboxylic acids is 1. The second-order valence-corrected chi connectivity index (χ2v) is 6.33. The van der Waals surface area contributed by atoms with Gasteiger partial charge in [0.2, 0.25) is 5.95 Å². The quantitative estimate of drug-likeness (QED) is 0.895. The maximum atomic E-state index is 11.2. The number of anilines is 1. The lowest BCUT2D eigenvalue weighted by Crippen LogP contribution is -2.20. The van der Waals surface area contributed by atoms with Crippen LogP contribution in [0.15, 0.2) is 18.6 Å². The van der Waals surface area contributed by atoms with Gasteiger partial charge >= 0.3 is 5.97 Å². The molecule has 0 spiro atoms. The zero-order valence-corrected chi connectivity index (χ0v) is 14.4. The number of hydrogen-bond donors (Lipinski definition) is 1. The lowest BCUT2D eigenvalue weighted by molar-refractivity contribution is 0.0694. The molecule has 3 rings (SSSR count). The first-order valence-electron chi connectivity index (χ1n) is 8.40. The zero-order chi connectivity index (χ0) is 17.8. The van der Waals surface area contributed by atoms with Crippen molar-refractivity contribution < 1.29 is 9.90 Å². The van der Waals surface area contributed by atoms with Crippen molar-refractivity contribution in [3.63, 3.8) is 0 Å². The second kappa shape index (κ2) is 7.38. The van der Waals surface area contributed by atoms with E-state index in [9.17, 15) is 9.90 Å². The summed E-state index contributed by atoms with van der Waals surface area (Å²) in [5.41, 5.74) is 1.52. The van der Waals surface area contributed by atoms with E-state index in [1.165, 1.54) is 19.0 Å². The molecule has 0 bridgehead atoms. The SMILES string of the molecule is CC(C)c1nc(/C=C/c2cnc(N3CCCC3)nc2)ncc1C(=O)O. The summed E-state index contributed by atoms with van der Waals surface area (Å²) in [6.07, 6.45) is 10.8. The summed E-state index contributed by atoms with van der Waals surface area (Å²) in [5, 5.41) is 9.21. The highest BCUT2D eigenvalue weighted by Crippen LogP contribution is 2.18. The van der Waals surface area contributed by atoms with E-state index in [1.54, 1.807) is 18.5 Å². The van der Waals surface area contributed by atoms with Crippen LogP contribution < -0.4 is 4.90 Å². The summed E-state index contributed by atoms with van der Waals surface area (Å²) in [4.78, 5) is 30.7. The van der Waals surface area contributed by atoms with Gasteiger partial charge in [-0.25, -0.2) is 24.7 Å². The zero-order valence-electron chi connectivity index (χ0n) is 14.4. The number of carbonyl (C=O) groups is 1. The van der Waals surface area contributed by atoms with Gasteiger partial charge in [0.25, 0.3) is 0 Å². The molecule has 2 aromatic rings. The van der Waals surface area contributed by atoms with Crippen LogP contribution in [0.1, 0.15) is 60.0 Å². The van der Waals surface area contributed by atoms with Gasteiger partial charge in [0, 0.05) is 37.2 Å². The van der Waals surface area contributed by atoms with E-state index in [0.29, 0.717) is 11.5 Å². The van der Waals surface area contributed by atoms with Crippen molar-refractivity contribution in [3.8, 4) is 0 Å². The molecule has 2 aromatic heterocycles. The van der Waals surface area contributed by atoms with Crippen LogP contribution in [0.25, 0.3) is 12.2 Å². The molecule has 1 aliphatic heterocycles. The highest BCUT2D eigenvalue weighted by atomic mass is 16.4. The van der Waals surface area contributed by atoms with Crippen LogP contribution in [0.5, 0.6) is 0 Å². The van der Waals surface area contributed by atoms with Crippen molar-refractivity contribution >= 4 is 24.1 Å². The molecule has 0 amide bonds. The van der Waals surface area contributed by atoms with E-state index in [1.807, 2.05) is 19.9 Å².